The molecule has 0 spiro atoms. The van der Waals surface area contributed by atoms with Crippen LogP contribution >= 0.6 is 0 Å². The zero-order valence-corrected chi connectivity index (χ0v) is 9.12. The van der Waals surface area contributed by atoms with Gasteiger partial charge in [0.15, 0.2) is 11.9 Å². The molecule has 0 radical (unpaired) electrons. The van der Waals surface area contributed by atoms with Crippen molar-refractivity contribution in [1.29, 1.82) is 0 Å². The SMILES string of the molecule is Cn1cnnc1CNC(=O)N[C@@H](CO)C(=O)O. The fraction of sp³-hybridized carbons (Fsp3) is 0.500. The molecule has 0 aliphatic rings. The van der Waals surface area contributed by atoms with E-state index in [4.69, 9.17) is 10.2 Å². The summed E-state index contributed by atoms with van der Waals surface area (Å²) in [4.78, 5) is 21.8. The Kier molecular flexibility index (Phi) is 4.40. The van der Waals surface area contributed by atoms with E-state index in [1.165, 1.54) is 6.33 Å². The van der Waals surface area contributed by atoms with Gasteiger partial charge in [-0.05, 0) is 0 Å². The Morgan fingerprint density at radius 1 is 1.59 bits per heavy atom. The minimum Gasteiger partial charge on any atom is -0.480 e. The smallest absolute Gasteiger partial charge is 0.328 e. The first-order chi connectivity index (χ1) is 8.04. The fourth-order valence-corrected chi connectivity index (χ4v) is 1.02. The van der Waals surface area contributed by atoms with Gasteiger partial charge in [0.05, 0.1) is 13.2 Å². The third-order valence-corrected chi connectivity index (χ3v) is 2.00. The van der Waals surface area contributed by atoms with Crippen LogP contribution in [0.2, 0.25) is 0 Å². The molecule has 9 heteroatoms. The molecule has 1 atom stereocenters. The number of aliphatic hydroxyl groups excluding tert-OH is 1. The number of aromatic nitrogens is 3. The number of carboxylic acid groups (broad SMARTS) is 1. The molecule has 0 aliphatic heterocycles. The molecule has 2 amide bonds. The Morgan fingerprint density at radius 2 is 2.29 bits per heavy atom. The number of hydrogen-bond donors (Lipinski definition) is 4. The second kappa shape index (κ2) is 5.80. The van der Waals surface area contributed by atoms with Crippen LogP contribution in [0.1, 0.15) is 5.82 Å². The van der Waals surface area contributed by atoms with Gasteiger partial charge in [0.2, 0.25) is 0 Å². The molecule has 9 nitrogen and oxygen atoms in total. The van der Waals surface area contributed by atoms with Crippen LogP contribution in [0.15, 0.2) is 6.33 Å². The highest BCUT2D eigenvalue weighted by Gasteiger charge is 2.18. The topological polar surface area (TPSA) is 129 Å². The van der Waals surface area contributed by atoms with E-state index < -0.39 is 24.6 Å². The quantitative estimate of drug-likeness (QED) is 0.476. The first-order valence-electron chi connectivity index (χ1n) is 4.75. The Balaban J connectivity index is 2.40. The molecular weight excluding hydrogens is 230 g/mol. The van der Waals surface area contributed by atoms with Gasteiger partial charge in [-0.15, -0.1) is 10.2 Å². The van der Waals surface area contributed by atoms with Crippen LogP contribution in [0.25, 0.3) is 0 Å². The van der Waals surface area contributed by atoms with Crippen LogP contribution in [0.3, 0.4) is 0 Å². The number of rotatable bonds is 5. The molecule has 0 fully saturated rings. The van der Waals surface area contributed by atoms with Crippen LogP contribution in [0.5, 0.6) is 0 Å². The number of nitrogens with zero attached hydrogens (tertiary/aromatic N) is 3. The molecule has 17 heavy (non-hydrogen) atoms. The molecule has 1 aromatic rings. The van der Waals surface area contributed by atoms with Crippen molar-refractivity contribution in [2.45, 2.75) is 12.6 Å². The summed E-state index contributed by atoms with van der Waals surface area (Å²) in [5.41, 5.74) is 0. The average molecular weight is 243 g/mol. The van der Waals surface area contributed by atoms with Gasteiger partial charge in [-0.2, -0.15) is 0 Å². The molecular formula is C8H13N5O4. The maximum atomic E-state index is 11.3. The number of carbonyl (C=O) groups is 2. The van der Waals surface area contributed by atoms with Gasteiger partial charge in [-0.1, -0.05) is 0 Å². The summed E-state index contributed by atoms with van der Waals surface area (Å²) in [5, 5.41) is 29.1. The summed E-state index contributed by atoms with van der Waals surface area (Å²) in [6.45, 7) is -0.563. The van der Waals surface area contributed by atoms with E-state index in [2.05, 4.69) is 20.8 Å². The normalized spacial score (nSPS) is 11.9. The lowest BCUT2D eigenvalue weighted by Crippen LogP contribution is -2.47. The zero-order valence-electron chi connectivity index (χ0n) is 9.12. The largest absolute Gasteiger partial charge is 0.480 e. The van der Waals surface area contributed by atoms with Crippen molar-refractivity contribution in [1.82, 2.24) is 25.4 Å². The van der Waals surface area contributed by atoms with E-state index >= 15 is 0 Å². The first-order valence-corrected chi connectivity index (χ1v) is 4.75. The molecule has 1 heterocycles. The molecule has 94 valence electrons. The summed E-state index contributed by atoms with van der Waals surface area (Å²) in [7, 11) is 1.71. The Bertz CT molecular complexity index is 404. The molecule has 1 aromatic heterocycles. The van der Waals surface area contributed by atoms with Gasteiger partial charge in [0.25, 0.3) is 0 Å². The number of hydrogen-bond acceptors (Lipinski definition) is 5. The number of aliphatic carboxylic acids is 1. The standard InChI is InChI=1S/C8H13N5O4/c1-13-4-10-12-6(13)2-9-8(17)11-5(3-14)7(15)16/h4-5,14H,2-3H2,1H3,(H,15,16)(H2,9,11,17)/t5-/m0/s1. The summed E-state index contributed by atoms with van der Waals surface area (Å²) in [6.07, 6.45) is 1.47. The monoisotopic (exact) mass is 243 g/mol. The Hall–Kier alpha value is -2.16. The summed E-state index contributed by atoms with van der Waals surface area (Å²) in [6, 6.07) is -2.02. The van der Waals surface area contributed by atoms with Crippen molar-refractivity contribution >= 4 is 12.0 Å². The number of amides is 2. The Labute approximate surface area is 96.5 Å². The number of aryl methyl sites for hydroxylation is 1. The van der Waals surface area contributed by atoms with Crippen molar-refractivity contribution in [3.63, 3.8) is 0 Å². The minimum absolute atomic E-state index is 0.111. The van der Waals surface area contributed by atoms with Crippen molar-refractivity contribution in [3.05, 3.63) is 12.2 Å². The fourth-order valence-electron chi connectivity index (χ4n) is 1.02. The molecule has 0 saturated heterocycles. The van der Waals surface area contributed by atoms with Crippen molar-refractivity contribution in [3.8, 4) is 0 Å². The van der Waals surface area contributed by atoms with Gasteiger partial charge >= 0.3 is 12.0 Å². The third kappa shape index (κ3) is 3.72. The van der Waals surface area contributed by atoms with Crippen LogP contribution < -0.4 is 10.6 Å². The number of carboxylic acids is 1. The first kappa shape index (κ1) is 12.9. The predicted octanol–water partition coefficient (Wildman–Crippen LogP) is -1.94. The maximum absolute atomic E-state index is 11.3. The highest BCUT2D eigenvalue weighted by Crippen LogP contribution is 1.90. The van der Waals surface area contributed by atoms with Crippen LogP contribution in [-0.4, -0.2) is 49.6 Å². The van der Waals surface area contributed by atoms with Crippen LogP contribution in [0.4, 0.5) is 4.79 Å². The van der Waals surface area contributed by atoms with Gasteiger partial charge in [-0.25, -0.2) is 9.59 Å². The van der Waals surface area contributed by atoms with E-state index in [-0.39, 0.29) is 6.54 Å². The highest BCUT2D eigenvalue weighted by atomic mass is 16.4. The molecule has 0 unspecified atom stereocenters. The predicted molar refractivity (Wildman–Crippen MR) is 54.9 cm³/mol. The van der Waals surface area contributed by atoms with Gasteiger partial charge in [-0.3, -0.25) is 0 Å². The van der Waals surface area contributed by atoms with Crippen molar-refractivity contribution in [2.75, 3.05) is 6.61 Å². The number of aliphatic hydroxyl groups is 1. The molecule has 0 aromatic carbocycles. The molecule has 0 bridgehead atoms. The van der Waals surface area contributed by atoms with Crippen molar-refractivity contribution in [2.24, 2.45) is 7.05 Å². The molecule has 1 rings (SSSR count). The average Bonchev–Trinajstić information content (AvgIpc) is 2.68. The van der Waals surface area contributed by atoms with E-state index in [0.29, 0.717) is 5.82 Å². The number of nitrogens with one attached hydrogen (secondary N) is 2. The summed E-state index contributed by atoms with van der Waals surface area (Å²) in [5.74, 6) is -0.780. The van der Waals surface area contributed by atoms with Gasteiger partial charge in [0.1, 0.15) is 6.33 Å². The summed E-state index contributed by atoms with van der Waals surface area (Å²) >= 11 is 0. The lowest BCUT2D eigenvalue weighted by molar-refractivity contribution is -0.140. The van der Waals surface area contributed by atoms with E-state index in [1.807, 2.05) is 0 Å². The maximum Gasteiger partial charge on any atom is 0.328 e. The molecule has 0 saturated carbocycles. The Morgan fingerprint density at radius 3 is 2.76 bits per heavy atom. The van der Waals surface area contributed by atoms with Gasteiger partial charge < -0.3 is 25.4 Å². The zero-order chi connectivity index (χ0) is 12.8. The second-order valence-corrected chi connectivity index (χ2v) is 3.26. The van der Waals surface area contributed by atoms with Crippen LogP contribution in [-0.2, 0) is 18.4 Å². The lowest BCUT2D eigenvalue weighted by atomic mass is 10.3. The summed E-state index contributed by atoms with van der Waals surface area (Å²) < 4.78 is 1.61. The number of carbonyl (C=O) groups excluding carboxylic acids is 1. The molecule has 4 N–H and O–H groups in total. The van der Waals surface area contributed by atoms with E-state index in [9.17, 15) is 9.59 Å². The van der Waals surface area contributed by atoms with Gasteiger partial charge in [0, 0.05) is 7.05 Å². The van der Waals surface area contributed by atoms with E-state index in [0.717, 1.165) is 0 Å². The van der Waals surface area contributed by atoms with E-state index in [1.54, 1.807) is 11.6 Å². The van der Waals surface area contributed by atoms with Crippen LogP contribution in [0, 0.1) is 0 Å². The third-order valence-electron chi connectivity index (χ3n) is 2.00. The lowest BCUT2D eigenvalue weighted by Gasteiger charge is -2.12. The second-order valence-electron chi connectivity index (χ2n) is 3.26. The van der Waals surface area contributed by atoms with Crippen molar-refractivity contribution < 1.29 is 19.8 Å². The minimum atomic E-state index is -1.32. The molecule has 0 aliphatic carbocycles. The highest BCUT2D eigenvalue weighted by molar-refractivity contribution is 5.82. The number of urea groups is 1.